The Hall–Kier alpha value is -3.66. The van der Waals surface area contributed by atoms with Gasteiger partial charge in [0.05, 0.1) is 32.3 Å². The molecule has 0 saturated heterocycles. The number of nitro groups is 1. The first kappa shape index (κ1) is 17.7. The average molecular weight is 398 g/mol. The van der Waals surface area contributed by atoms with E-state index in [1.165, 1.54) is 35.9 Å². The SMILES string of the molecule is Cn1c(C=O)cnc1-c1cc2nccc(Oc3ccc([N+](=O)[O-])cc3F)c2s1. The van der Waals surface area contributed by atoms with Crippen LogP contribution in [0.1, 0.15) is 10.5 Å². The standard InChI is InChI=1S/C18H11FN4O4S/c1-22-11(9-24)8-21-18(22)16-7-13-17(28-16)15(4-5-20-13)27-14-3-2-10(23(25)26)6-12(14)19/h2-9H,1H3. The molecule has 4 aromatic rings. The van der Waals surface area contributed by atoms with Crippen LogP contribution in [0.25, 0.3) is 20.9 Å². The molecule has 0 amide bonds. The number of nitro benzene ring substituents is 1. The fourth-order valence-corrected chi connectivity index (χ4v) is 3.77. The molecule has 3 heterocycles. The van der Waals surface area contributed by atoms with Crippen molar-refractivity contribution in [3.8, 4) is 22.2 Å². The summed E-state index contributed by atoms with van der Waals surface area (Å²) >= 11 is 1.33. The number of pyridine rings is 1. The van der Waals surface area contributed by atoms with Crippen molar-refractivity contribution in [2.45, 2.75) is 0 Å². The van der Waals surface area contributed by atoms with E-state index in [4.69, 9.17) is 4.74 Å². The van der Waals surface area contributed by atoms with Gasteiger partial charge >= 0.3 is 0 Å². The maximum atomic E-state index is 14.2. The number of imidazole rings is 1. The van der Waals surface area contributed by atoms with Crippen molar-refractivity contribution < 1.29 is 18.8 Å². The highest BCUT2D eigenvalue weighted by Gasteiger charge is 2.17. The number of non-ortho nitro benzene ring substituents is 1. The third kappa shape index (κ3) is 2.99. The molecular formula is C18H11FN4O4S. The van der Waals surface area contributed by atoms with Crippen LogP contribution in [0.2, 0.25) is 0 Å². The summed E-state index contributed by atoms with van der Waals surface area (Å²) in [6, 6.07) is 6.58. The van der Waals surface area contributed by atoms with E-state index in [2.05, 4.69) is 9.97 Å². The van der Waals surface area contributed by atoms with Crippen LogP contribution in [-0.2, 0) is 7.05 Å². The van der Waals surface area contributed by atoms with Crippen LogP contribution >= 0.6 is 11.3 Å². The zero-order valence-corrected chi connectivity index (χ0v) is 15.1. The lowest BCUT2D eigenvalue weighted by Gasteiger charge is -2.07. The van der Waals surface area contributed by atoms with Crippen molar-refractivity contribution in [2.24, 2.45) is 7.05 Å². The molecule has 0 unspecified atom stereocenters. The first-order valence-corrected chi connectivity index (χ1v) is 8.77. The van der Waals surface area contributed by atoms with Crippen LogP contribution in [-0.4, -0.2) is 25.7 Å². The quantitative estimate of drug-likeness (QED) is 0.281. The Labute approximate surface area is 161 Å². The Morgan fingerprint density at radius 2 is 2.07 bits per heavy atom. The molecule has 0 atom stereocenters. The zero-order chi connectivity index (χ0) is 19.8. The fourth-order valence-electron chi connectivity index (χ4n) is 2.67. The van der Waals surface area contributed by atoms with Crippen LogP contribution in [0.4, 0.5) is 10.1 Å². The Morgan fingerprint density at radius 1 is 1.25 bits per heavy atom. The number of aldehydes is 1. The molecule has 28 heavy (non-hydrogen) atoms. The van der Waals surface area contributed by atoms with Gasteiger partial charge in [-0.05, 0) is 12.1 Å². The highest BCUT2D eigenvalue weighted by molar-refractivity contribution is 7.22. The van der Waals surface area contributed by atoms with E-state index in [1.54, 1.807) is 23.7 Å². The number of thiophene rings is 1. The van der Waals surface area contributed by atoms with Crippen LogP contribution in [0.5, 0.6) is 11.5 Å². The third-order valence-corrected chi connectivity index (χ3v) is 5.22. The minimum atomic E-state index is -0.837. The highest BCUT2D eigenvalue weighted by Crippen LogP contribution is 2.39. The maximum absolute atomic E-state index is 14.2. The largest absolute Gasteiger partial charge is 0.453 e. The predicted molar refractivity (Wildman–Crippen MR) is 100 cm³/mol. The van der Waals surface area contributed by atoms with E-state index in [9.17, 15) is 19.3 Å². The molecule has 0 saturated carbocycles. The Balaban J connectivity index is 1.74. The van der Waals surface area contributed by atoms with Gasteiger partial charge in [-0.15, -0.1) is 11.3 Å². The lowest BCUT2D eigenvalue weighted by Crippen LogP contribution is -1.95. The monoisotopic (exact) mass is 398 g/mol. The maximum Gasteiger partial charge on any atom is 0.272 e. The second kappa shape index (κ2) is 6.82. The van der Waals surface area contributed by atoms with Crippen LogP contribution in [0.15, 0.2) is 42.7 Å². The molecule has 0 spiro atoms. The summed E-state index contributed by atoms with van der Waals surface area (Å²) in [5.74, 6) is -0.0136. The number of hydrogen-bond donors (Lipinski definition) is 0. The number of benzene rings is 1. The smallest absolute Gasteiger partial charge is 0.272 e. The third-order valence-electron chi connectivity index (χ3n) is 4.09. The van der Waals surface area contributed by atoms with Crippen LogP contribution in [0, 0.1) is 15.9 Å². The Bertz CT molecular complexity index is 1230. The van der Waals surface area contributed by atoms with Gasteiger partial charge in [0.2, 0.25) is 0 Å². The summed E-state index contributed by atoms with van der Waals surface area (Å²) < 4.78 is 22.1. The Kier molecular flexibility index (Phi) is 4.32. The lowest BCUT2D eigenvalue weighted by molar-refractivity contribution is -0.385. The molecule has 8 nitrogen and oxygen atoms in total. The van der Waals surface area contributed by atoms with E-state index in [-0.39, 0.29) is 11.4 Å². The minimum absolute atomic E-state index is 0.131. The number of hydrogen-bond acceptors (Lipinski definition) is 7. The van der Waals surface area contributed by atoms with Crippen molar-refractivity contribution in [2.75, 3.05) is 0 Å². The number of aromatic nitrogens is 3. The Morgan fingerprint density at radius 3 is 2.75 bits per heavy atom. The molecule has 0 fully saturated rings. The topological polar surface area (TPSA) is 100 Å². The molecule has 0 aliphatic rings. The molecule has 3 aromatic heterocycles. The summed E-state index contributed by atoms with van der Waals surface area (Å²) in [6.07, 6.45) is 3.71. The number of carbonyl (C=O) groups is 1. The van der Waals surface area contributed by atoms with Gasteiger partial charge in [-0.2, -0.15) is 0 Å². The second-order valence-corrected chi connectivity index (χ2v) is 6.84. The van der Waals surface area contributed by atoms with Crippen LogP contribution in [0.3, 0.4) is 0 Å². The molecular weight excluding hydrogens is 387 g/mol. The number of rotatable bonds is 5. The summed E-state index contributed by atoms with van der Waals surface area (Å²) in [7, 11) is 1.73. The van der Waals surface area contributed by atoms with Gasteiger partial charge in [-0.3, -0.25) is 19.9 Å². The average Bonchev–Trinajstić information content (AvgIpc) is 3.26. The molecule has 0 bridgehead atoms. The van der Waals surface area contributed by atoms with Gasteiger partial charge in [-0.1, -0.05) is 0 Å². The van der Waals surface area contributed by atoms with E-state index in [0.29, 0.717) is 33.8 Å². The first-order chi connectivity index (χ1) is 13.5. The van der Waals surface area contributed by atoms with E-state index in [0.717, 1.165) is 10.9 Å². The predicted octanol–water partition coefficient (Wildman–Crippen LogP) is 4.35. The van der Waals surface area contributed by atoms with Gasteiger partial charge in [0.25, 0.3) is 5.69 Å². The van der Waals surface area contributed by atoms with E-state index in [1.807, 2.05) is 0 Å². The molecule has 10 heteroatoms. The number of ether oxygens (including phenoxy) is 1. The molecule has 140 valence electrons. The minimum Gasteiger partial charge on any atom is -0.453 e. The van der Waals surface area contributed by atoms with Crippen molar-refractivity contribution in [1.29, 1.82) is 0 Å². The van der Waals surface area contributed by atoms with Gasteiger partial charge in [0, 0.05) is 25.4 Å². The fraction of sp³-hybridized carbons (Fsp3) is 0.0556. The molecule has 1 aromatic carbocycles. The van der Waals surface area contributed by atoms with Crippen molar-refractivity contribution in [3.63, 3.8) is 0 Å². The molecule has 4 rings (SSSR count). The number of nitrogens with zero attached hydrogens (tertiary/aromatic N) is 4. The molecule has 0 aliphatic heterocycles. The molecule has 0 radical (unpaired) electrons. The molecule has 0 aliphatic carbocycles. The van der Waals surface area contributed by atoms with Crippen molar-refractivity contribution >= 4 is 33.5 Å². The van der Waals surface area contributed by atoms with E-state index < -0.39 is 10.7 Å². The van der Waals surface area contributed by atoms with Crippen LogP contribution < -0.4 is 4.74 Å². The first-order valence-electron chi connectivity index (χ1n) is 7.95. The van der Waals surface area contributed by atoms with E-state index >= 15 is 0 Å². The highest BCUT2D eigenvalue weighted by atomic mass is 32.1. The summed E-state index contributed by atoms with van der Waals surface area (Å²) in [4.78, 5) is 30.4. The van der Waals surface area contributed by atoms with Crippen molar-refractivity contribution in [3.05, 3.63) is 64.4 Å². The number of fused-ring (bicyclic) bond motifs is 1. The van der Waals surface area contributed by atoms with Gasteiger partial charge in [0.15, 0.2) is 17.9 Å². The summed E-state index contributed by atoms with van der Waals surface area (Å²) in [6.45, 7) is 0. The van der Waals surface area contributed by atoms with Gasteiger partial charge < -0.3 is 9.30 Å². The van der Waals surface area contributed by atoms with Crippen molar-refractivity contribution in [1.82, 2.24) is 14.5 Å². The summed E-state index contributed by atoms with van der Waals surface area (Å²) in [5.41, 5.74) is 0.698. The molecule has 0 N–H and O–H groups in total. The summed E-state index contributed by atoms with van der Waals surface area (Å²) in [5, 5.41) is 10.7. The van der Waals surface area contributed by atoms with Gasteiger partial charge in [-0.25, -0.2) is 9.37 Å². The number of carbonyl (C=O) groups excluding carboxylic acids is 1. The zero-order valence-electron chi connectivity index (χ0n) is 14.3. The second-order valence-electron chi connectivity index (χ2n) is 5.79. The lowest BCUT2D eigenvalue weighted by atomic mass is 10.3. The number of halogens is 1. The normalized spacial score (nSPS) is 10.9. The van der Waals surface area contributed by atoms with Gasteiger partial charge in [0.1, 0.15) is 17.3 Å².